The number of hydrogen-bond donors (Lipinski definition) is 1. The van der Waals surface area contributed by atoms with E-state index in [2.05, 4.69) is 25.2 Å². The van der Waals surface area contributed by atoms with Gasteiger partial charge in [-0.1, -0.05) is 56.3 Å². The van der Waals surface area contributed by atoms with Crippen molar-refractivity contribution in [3.8, 4) is 0 Å². The van der Waals surface area contributed by atoms with Gasteiger partial charge in [0.25, 0.3) is 5.91 Å². The van der Waals surface area contributed by atoms with Crippen LogP contribution in [0.2, 0.25) is 0 Å². The van der Waals surface area contributed by atoms with Gasteiger partial charge in [-0.3, -0.25) is 4.79 Å². The highest BCUT2D eigenvalue weighted by Crippen LogP contribution is 2.44. The summed E-state index contributed by atoms with van der Waals surface area (Å²) in [5.41, 5.74) is 3.27. The number of ether oxygens (including phenoxy) is 1. The molecule has 27 heavy (non-hydrogen) atoms. The first-order valence-electron chi connectivity index (χ1n) is 9.36. The van der Waals surface area contributed by atoms with Gasteiger partial charge < -0.3 is 10.1 Å². The van der Waals surface area contributed by atoms with E-state index < -0.39 is 5.41 Å². The fourth-order valence-electron chi connectivity index (χ4n) is 3.62. The van der Waals surface area contributed by atoms with E-state index in [1.165, 1.54) is 0 Å². The van der Waals surface area contributed by atoms with Crippen LogP contribution in [0, 0.1) is 5.41 Å². The summed E-state index contributed by atoms with van der Waals surface area (Å²) in [4.78, 5) is 25.7. The highest BCUT2D eigenvalue weighted by molar-refractivity contribution is 6.06. The van der Waals surface area contributed by atoms with Crippen molar-refractivity contribution < 1.29 is 14.3 Å². The van der Waals surface area contributed by atoms with Crippen LogP contribution >= 0.6 is 0 Å². The summed E-state index contributed by atoms with van der Waals surface area (Å²) in [5.74, 6) is -0.595. The fourth-order valence-corrected chi connectivity index (χ4v) is 3.62. The number of rotatable bonds is 5. The molecule has 4 heteroatoms. The van der Waals surface area contributed by atoms with Gasteiger partial charge in [0.05, 0.1) is 17.9 Å². The summed E-state index contributed by atoms with van der Waals surface area (Å²) in [6.07, 6.45) is 1.50. The van der Waals surface area contributed by atoms with Crippen molar-refractivity contribution in [3.05, 3.63) is 76.9 Å². The van der Waals surface area contributed by atoms with Gasteiger partial charge in [-0.2, -0.15) is 0 Å². The Bertz CT molecular complexity index is 886. The molecule has 2 aromatic rings. The lowest BCUT2D eigenvalue weighted by Gasteiger charge is -2.37. The number of carbonyl (C=O) groups excluding carboxylic acids is 2. The molecule has 0 heterocycles. The van der Waals surface area contributed by atoms with Crippen LogP contribution in [-0.2, 0) is 16.0 Å². The van der Waals surface area contributed by atoms with Gasteiger partial charge in [-0.05, 0) is 37.5 Å². The number of esters is 1. The summed E-state index contributed by atoms with van der Waals surface area (Å²) < 4.78 is 5.36. The third-order valence-corrected chi connectivity index (χ3v) is 5.26. The minimum absolute atomic E-state index is 0.234. The molecule has 0 fully saturated rings. The maximum Gasteiger partial charge on any atom is 0.336 e. The third-order valence-electron chi connectivity index (χ3n) is 5.26. The summed E-state index contributed by atoms with van der Waals surface area (Å²) in [5, 5.41) is 3.01. The van der Waals surface area contributed by atoms with E-state index >= 15 is 0 Å². The Morgan fingerprint density at radius 3 is 2.37 bits per heavy atom. The molecule has 1 amide bonds. The molecule has 0 radical (unpaired) electrons. The second-order valence-electron chi connectivity index (χ2n) is 7.04. The molecule has 1 aliphatic carbocycles. The minimum Gasteiger partial charge on any atom is -0.463 e. The van der Waals surface area contributed by atoms with Crippen LogP contribution in [0.1, 0.15) is 48.7 Å². The van der Waals surface area contributed by atoms with Crippen LogP contribution in [-0.4, -0.2) is 18.5 Å². The van der Waals surface area contributed by atoms with Crippen molar-refractivity contribution in [3.63, 3.8) is 0 Å². The number of amides is 1. The minimum atomic E-state index is -0.403. The van der Waals surface area contributed by atoms with Crippen LogP contribution in [0.5, 0.6) is 0 Å². The van der Waals surface area contributed by atoms with E-state index in [1.807, 2.05) is 36.4 Å². The Balaban J connectivity index is 2.15. The molecule has 0 saturated heterocycles. The SMILES string of the molecule is CCOC(=O)C1=C(NC(=O)c2ccccc2)c2ccccc2C[C@@]1(C)CC. The van der Waals surface area contributed by atoms with Gasteiger partial charge >= 0.3 is 5.97 Å². The van der Waals surface area contributed by atoms with Gasteiger partial charge in [0.1, 0.15) is 0 Å². The third kappa shape index (κ3) is 3.65. The summed E-state index contributed by atoms with van der Waals surface area (Å²) >= 11 is 0. The van der Waals surface area contributed by atoms with Crippen molar-refractivity contribution in [1.82, 2.24) is 5.32 Å². The lowest BCUT2D eigenvalue weighted by Crippen LogP contribution is -2.37. The van der Waals surface area contributed by atoms with Crippen LogP contribution in [0.15, 0.2) is 60.2 Å². The molecule has 0 aliphatic heterocycles. The second-order valence-corrected chi connectivity index (χ2v) is 7.04. The van der Waals surface area contributed by atoms with Gasteiger partial charge in [0.2, 0.25) is 0 Å². The highest BCUT2D eigenvalue weighted by Gasteiger charge is 2.40. The van der Waals surface area contributed by atoms with Gasteiger partial charge in [-0.25, -0.2) is 4.79 Å². The van der Waals surface area contributed by atoms with E-state index in [1.54, 1.807) is 19.1 Å². The Hall–Kier alpha value is -2.88. The van der Waals surface area contributed by atoms with Gasteiger partial charge in [0, 0.05) is 16.5 Å². The first-order valence-corrected chi connectivity index (χ1v) is 9.36. The summed E-state index contributed by atoms with van der Waals surface area (Å²) in [6, 6.07) is 16.9. The molecule has 1 aliphatic rings. The lowest BCUT2D eigenvalue weighted by atomic mass is 9.68. The van der Waals surface area contributed by atoms with Gasteiger partial charge in [-0.15, -0.1) is 0 Å². The zero-order valence-corrected chi connectivity index (χ0v) is 16.0. The lowest BCUT2D eigenvalue weighted by molar-refractivity contribution is -0.139. The first-order chi connectivity index (χ1) is 13.0. The smallest absolute Gasteiger partial charge is 0.336 e. The van der Waals surface area contributed by atoms with Crippen molar-refractivity contribution in [2.75, 3.05) is 6.61 Å². The standard InChI is InChI=1S/C23H25NO3/c1-4-23(3)15-17-13-9-10-14-18(17)20(19(23)22(26)27-5-2)24-21(25)16-11-7-6-8-12-16/h6-14H,4-5,15H2,1-3H3,(H,24,25)/t23-/m1/s1. The quantitative estimate of drug-likeness (QED) is 0.803. The molecular formula is C23H25NO3. The number of benzene rings is 2. The normalized spacial score (nSPS) is 18.6. The van der Waals surface area contributed by atoms with E-state index in [0.717, 1.165) is 24.0 Å². The zero-order valence-electron chi connectivity index (χ0n) is 16.0. The topological polar surface area (TPSA) is 55.4 Å². The molecule has 3 rings (SSSR count). The van der Waals surface area contributed by atoms with Crippen molar-refractivity contribution in [2.45, 2.75) is 33.6 Å². The molecule has 4 nitrogen and oxygen atoms in total. The molecule has 0 unspecified atom stereocenters. The molecule has 1 atom stereocenters. The van der Waals surface area contributed by atoms with Gasteiger partial charge in [0.15, 0.2) is 0 Å². The zero-order chi connectivity index (χ0) is 19.4. The molecule has 2 aromatic carbocycles. The molecule has 0 bridgehead atoms. The van der Waals surface area contributed by atoms with Crippen molar-refractivity contribution >= 4 is 17.6 Å². The number of fused-ring (bicyclic) bond motifs is 1. The maximum atomic E-state index is 12.9. The molecule has 0 saturated carbocycles. The molecule has 0 spiro atoms. The number of carbonyl (C=O) groups is 2. The molecule has 140 valence electrons. The molecule has 0 aromatic heterocycles. The summed E-state index contributed by atoms with van der Waals surface area (Å²) in [6.45, 7) is 6.21. The number of hydrogen-bond acceptors (Lipinski definition) is 3. The largest absolute Gasteiger partial charge is 0.463 e. The predicted octanol–water partition coefficient (Wildman–Crippen LogP) is 4.36. The average molecular weight is 363 g/mol. The Kier molecular flexibility index (Phi) is 5.45. The fraction of sp³-hybridized carbons (Fsp3) is 0.304. The Morgan fingerprint density at radius 2 is 1.70 bits per heavy atom. The van der Waals surface area contributed by atoms with Crippen LogP contribution in [0.4, 0.5) is 0 Å². The van der Waals surface area contributed by atoms with Crippen LogP contribution in [0.3, 0.4) is 0 Å². The Labute approximate surface area is 160 Å². The Morgan fingerprint density at radius 1 is 1.04 bits per heavy atom. The predicted molar refractivity (Wildman–Crippen MR) is 106 cm³/mol. The average Bonchev–Trinajstić information content (AvgIpc) is 2.68. The monoisotopic (exact) mass is 363 g/mol. The first kappa shape index (κ1) is 18.9. The van der Waals surface area contributed by atoms with Crippen LogP contribution in [0.25, 0.3) is 5.70 Å². The van der Waals surface area contributed by atoms with Crippen molar-refractivity contribution in [1.29, 1.82) is 0 Å². The molecule has 1 N–H and O–H groups in total. The molecular weight excluding hydrogens is 338 g/mol. The van der Waals surface area contributed by atoms with Crippen molar-refractivity contribution in [2.24, 2.45) is 5.41 Å². The maximum absolute atomic E-state index is 12.9. The number of nitrogens with one attached hydrogen (secondary N) is 1. The van der Waals surface area contributed by atoms with E-state index in [-0.39, 0.29) is 11.9 Å². The van der Waals surface area contributed by atoms with E-state index in [0.29, 0.717) is 23.4 Å². The van der Waals surface area contributed by atoms with E-state index in [4.69, 9.17) is 4.74 Å². The second kappa shape index (κ2) is 7.78. The van der Waals surface area contributed by atoms with Crippen LogP contribution < -0.4 is 5.32 Å². The van der Waals surface area contributed by atoms with E-state index in [9.17, 15) is 9.59 Å². The highest BCUT2D eigenvalue weighted by atomic mass is 16.5. The summed E-state index contributed by atoms with van der Waals surface area (Å²) in [7, 11) is 0.